The van der Waals surface area contributed by atoms with Crippen LogP contribution < -0.4 is 5.32 Å². The number of hydrogen-bond acceptors (Lipinski definition) is 1. The van der Waals surface area contributed by atoms with Gasteiger partial charge in [-0.2, -0.15) is 0 Å². The maximum atomic E-state index is 11.7. The molecule has 0 radical (unpaired) electrons. The smallest absolute Gasteiger partial charge is 0.220 e. The molecule has 2 nitrogen and oxygen atoms in total. The van der Waals surface area contributed by atoms with Crippen molar-refractivity contribution in [1.82, 2.24) is 5.32 Å². The molecule has 1 amide bonds. The number of nitrogens with one attached hydrogen (secondary N) is 1. The normalized spacial score (nSPS) is 17.9. The Morgan fingerprint density at radius 1 is 1.17 bits per heavy atom. The van der Waals surface area contributed by atoms with Gasteiger partial charge >= 0.3 is 0 Å². The molecule has 1 fully saturated rings. The molecule has 1 saturated carbocycles. The van der Waals surface area contributed by atoms with Crippen LogP contribution in [0.5, 0.6) is 0 Å². The number of amides is 1. The maximum Gasteiger partial charge on any atom is 0.220 e. The zero-order chi connectivity index (χ0) is 13.3. The topological polar surface area (TPSA) is 29.1 Å². The van der Waals surface area contributed by atoms with Crippen molar-refractivity contribution in [3.05, 3.63) is 0 Å². The Labute approximate surface area is 117 Å². The van der Waals surface area contributed by atoms with Gasteiger partial charge in [-0.15, -0.1) is 11.6 Å². The van der Waals surface area contributed by atoms with Crippen LogP contribution in [-0.2, 0) is 4.79 Å². The summed E-state index contributed by atoms with van der Waals surface area (Å²) >= 11 is 6.06. The van der Waals surface area contributed by atoms with Gasteiger partial charge < -0.3 is 5.32 Å². The number of hydrogen-bond donors (Lipinski definition) is 1. The van der Waals surface area contributed by atoms with Gasteiger partial charge in [0.2, 0.25) is 5.91 Å². The van der Waals surface area contributed by atoms with Gasteiger partial charge in [0.1, 0.15) is 0 Å². The molecule has 0 aromatic rings. The maximum absolute atomic E-state index is 11.7. The van der Waals surface area contributed by atoms with Crippen LogP contribution in [0.4, 0.5) is 0 Å². The molecule has 106 valence electrons. The van der Waals surface area contributed by atoms with Crippen LogP contribution in [0.2, 0.25) is 0 Å². The summed E-state index contributed by atoms with van der Waals surface area (Å²) in [4.78, 5) is 11.7. The molecule has 0 unspecified atom stereocenters. The minimum absolute atomic E-state index is 0.194. The van der Waals surface area contributed by atoms with Gasteiger partial charge in [-0.1, -0.05) is 45.4 Å². The van der Waals surface area contributed by atoms with E-state index in [1.54, 1.807) is 0 Å². The summed E-state index contributed by atoms with van der Waals surface area (Å²) in [6, 6.07) is 0. The van der Waals surface area contributed by atoms with Gasteiger partial charge in [0, 0.05) is 24.3 Å². The van der Waals surface area contributed by atoms with E-state index in [0.717, 1.165) is 13.0 Å². The summed E-state index contributed by atoms with van der Waals surface area (Å²) in [6.45, 7) is 2.99. The highest BCUT2D eigenvalue weighted by molar-refractivity contribution is 6.18. The Kier molecular flexibility index (Phi) is 7.73. The monoisotopic (exact) mass is 273 g/mol. The van der Waals surface area contributed by atoms with E-state index in [1.807, 2.05) is 0 Å². The summed E-state index contributed by atoms with van der Waals surface area (Å²) in [5.74, 6) is 0.895. The van der Waals surface area contributed by atoms with E-state index in [-0.39, 0.29) is 11.3 Å². The fourth-order valence-corrected chi connectivity index (χ4v) is 3.11. The molecular formula is C15H28ClNO. The molecule has 0 saturated heterocycles. The first-order chi connectivity index (χ1) is 8.72. The molecule has 0 aromatic carbocycles. The fraction of sp³-hybridized carbons (Fsp3) is 0.933. The molecule has 3 heteroatoms. The molecule has 0 spiro atoms. The third-order valence-corrected chi connectivity index (χ3v) is 4.68. The Balaban J connectivity index is 2.09. The SMILES string of the molecule is CCCCCCCC(=O)NCC1(CCl)CCCC1. The Bertz CT molecular complexity index is 237. The van der Waals surface area contributed by atoms with Gasteiger partial charge in [-0.3, -0.25) is 4.79 Å². The van der Waals surface area contributed by atoms with E-state index in [4.69, 9.17) is 11.6 Å². The molecule has 0 atom stereocenters. The van der Waals surface area contributed by atoms with Gasteiger partial charge in [0.25, 0.3) is 0 Å². The fourth-order valence-electron chi connectivity index (χ4n) is 2.75. The summed E-state index contributed by atoms with van der Waals surface area (Å²) in [7, 11) is 0. The lowest BCUT2D eigenvalue weighted by atomic mass is 9.88. The molecule has 1 N–H and O–H groups in total. The van der Waals surface area contributed by atoms with E-state index in [1.165, 1.54) is 51.4 Å². The minimum atomic E-state index is 0.194. The molecule has 1 rings (SSSR count). The summed E-state index contributed by atoms with van der Waals surface area (Å²) in [5, 5.41) is 3.08. The van der Waals surface area contributed by atoms with E-state index in [2.05, 4.69) is 12.2 Å². The van der Waals surface area contributed by atoms with Crippen molar-refractivity contribution < 1.29 is 4.79 Å². The molecule has 0 aromatic heterocycles. The molecule has 18 heavy (non-hydrogen) atoms. The zero-order valence-corrected chi connectivity index (χ0v) is 12.5. The van der Waals surface area contributed by atoms with Crippen LogP contribution >= 0.6 is 11.6 Å². The van der Waals surface area contributed by atoms with Crippen molar-refractivity contribution in [1.29, 1.82) is 0 Å². The molecule has 0 heterocycles. The Morgan fingerprint density at radius 3 is 2.44 bits per heavy atom. The highest BCUT2D eigenvalue weighted by Crippen LogP contribution is 2.38. The highest BCUT2D eigenvalue weighted by atomic mass is 35.5. The van der Waals surface area contributed by atoms with Crippen molar-refractivity contribution in [2.75, 3.05) is 12.4 Å². The largest absolute Gasteiger partial charge is 0.356 e. The van der Waals surface area contributed by atoms with Gasteiger partial charge in [0.15, 0.2) is 0 Å². The second-order valence-electron chi connectivity index (χ2n) is 5.78. The van der Waals surface area contributed by atoms with E-state index >= 15 is 0 Å². The Hall–Kier alpha value is -0.240. The quantitative estimate of drug-likeness (QED) is 0.493. The highest BCUT2D eigenvalue weighted by Gasteiger charge is 2.33. The van der Waals surface area contributed by atoms with Gasteiger partial charge in [-0.05, 0) is 19.3 Å². The summed E-state index contributed by atoms with van der Waals surface area (Å²) < 4.78 is 0. The lowest BCUT2D eigenvalue weighted by molar-refractivity contribution is -0.121. The Morgan fingerprint density at radius 2 is 1.83 bits per heavy atom. The molecule has 1 aliphatic carbocycles. The van der Waals surface area contributed by atoms with Crippen LogP contribution in [0.15, 0.2) is 0 Å². The lowest BCUT2D eigenvalue weighted by Crippen LogP contribution is -2.37. The second kappa shape index (κ2) is 8.79. The number of carbonyl (C=O) groups is 1. The number of carbonyl (C=O) groups excluding carboxylic acids is 1. The van der Waals surface area contributed by atoms with Crippen LogP contribution in [0.1, 0.15) is 71.1 Å². The van der Waals surface area contributed by atoms with Crippen molar-refractivity contribution >= 4 is 17.5 Å². The minimum Gasteiger partial charge on any atom is -0.356 e. The van der Waals surface area contributed by atoms with E-state index in [9.17, 15) is 4.79 Å². The first kappa shape index (κ1) is 15.8. The first-order valence-electron chi connectivity index (χ1n) is 7.55. The zero-order valence-electron chi connectivity index (χ0n) is 11.8. The average Bonchev–Trinajstić information content (AvgIpc) is 2.86. The number of alkyl halides is 1. The predicted molar refractivity (Wildman–Crippen MR) is 78.0 cm³/mol. The summed E-state index contributed by atoms with van der Waals surface area (Å²) in [5.41, 5.74) is 0.194. The number of halogens is 1. The van der Waals surface area contributed by atoms with Crippen LogP contribution in [0, 0.1) is 5.41 Å². The van der Waals surface area contributed by atoms with Gasteiger partial charge in [-0.25, -0.2) is 0 Å². The molecular weight excluding hydrogens is 246 g/mol. The number of rotatable bonds is 9. The van der Waals surface area contributed by atoms with Gasteiger partial charge in [0.05, 0.1) is 0 Å². The summed E-state index contributed by atoms with van der Waals surface area (Å²) in [6.07, 6.45) is 11.6. The first-order valence-corrected chi connectivity index (χ1v) is 8.08. The van der Waals surface area contributed by atoms with Crippen LogP contribution in [-0.4, -0.2) is 18.3 Å². The van der Waals surface area contributed by atoms with Crippen LogP contribution in [0.3, 0.4) is 0 Å². The molecule has 0 aliphatic heterocycles. The van der Waals surface area contributed by atoms with Crippen molar-refractivity contribution in [3.8, 4) is 0 Å². The van der Waals surface area contributed by atoms with E-state index < -0.39 is 0 Å². The van der Waals surface area contributed by atoms with Crippen molar-refractivity contribution in [2.24, 2.45) is 5.41 Å². The lowest BCUT2D eigenvalue weighted by Gasteiger charge is -2.26. The van der Waals surface area contributed by atoms with Crippen molar-refractivity contribution in [2.45, 2.75) is 71.1 Å². The number of unbranched alkanes of at least 4 members (excludes halogenated alkanes) is 4. The third kappa shape index (κ3) is 5.60. The average molecular weight is 274 g/mol. The second-order valence-corrected chi connectivity index (χ2v) is 6.05. The molecule has 1 aliphatic rings. The van der Waals surface area contributed by atoms with Crippen LogP contribution in [0.25, 0.3) is 0 Å². The van der Waals surface area contributed by atoms with E-state index in [0.29, 0.717) is 12.3 Å². The third-order valence-electron chi connectivity index (χ3n) is 4.12. The van der Waals surface area contributed by atoms with Crippen molar-refractivity contribution in [3.63, 3.8) is 0 Å². The molecule has 0 bridgehead atoms. The standard InChI is InChI=1S/C15H28ClNO/c1-2-3-4-5-6-9-14(18)17-13-15(12-16)10-7-8-11-15/h2-13H2,1H3,(H,17,18). The predicted octanol–water partition coefficient (Wildman–Crippen LogP) is 4.26.